The van der Waals surface area contributed by atoms with Gasteiger partial charge in [-0.25, -0.2) is 0 Å². The molecule has 0 fully saturated rings. The van der Waals surface area contributed by atoms with E-state index in [9.17, 15) is 4.79 Å². The number of carbonyl (C=O) groups is 1. The maximum atomic E-state index is 12.5. The van der Waals surface area contributed by atoms with Crippen LogP contribution in [0.5, 0.6) is 0 Å². The van der Waals surface area contributed by atoms with E-state index in [4.69, 9.17) is 23.2 Å². The lowest BCUT2D eigenvalue weighted by molar-refractivity contribution is -0.113. The van der Waals surface area contributed by atoms with Crippen molar-refractivity contribution in [2.45, 2.75) is 11.6 Å². The highest BCUT2D eigenvalue weighted by Crippen LogP contribution is 2.26. The fraction of sp³-hybridized carbons (Fsp3) is 0.0870. The number of amides is 1. The normalized spacial score (nSPS) is 10.8. The first-order valence-corrected chi connectivity index (χ1v) is 11.3. The van der Waals surface area contributed by atoms with Gasteiger partial charge in [-0.15, -0.1) is 10.2 Å². The molecule has 5 nitrogen and oxygen atoms in total. The lowest BCUT2D eigenvalue weighted by Crippen LogP contribution is -2.15. The van der Waals surface area contributed by atoms with E-state index >= 15 is 0 Å². The summed E-state index contributed by atoms with van der Waals surface area (Å²) in [6, 6.07) is 24.7. The third kappa shape index (κ3) is 5.47. The second-order valence-corrected chi connectivity index (χ2v) is 8.48. The highest BCUT2D eigenvalue weighted by molar-refractivity contribution is 7.99. The Balaban J connectivity index is 1.56. The molecule has 0 saturated carbocycles. The molecular weight excluding hydrogens is 451 g/mol. The lowest BCUT2D eigenvalue weighted by atomic mass is 10.1. The van der Waals surface area contributed by atoms with Crippen LogP contribution in [0.15, 0.2) is 84.0 Å². The van der Waals surface area contributed by atoms with E-state index in [0.717, 1.165) is 17.1 Å². The summed E-state index contributed by atoms with van der Waals surface area (Å²) in [6.45, 7) is 0. The molecule has 0 bridgehead atoms. The molecule has 1 N–H and O–H groups in total. The molecule has 0 spiro atoms. The molecule has 1 heterocycles. The summed E-state index contributed by atoms with van der Waals surface area (Å²) in [6.07, 6.45) is 0.614. The van der Waals surface area contributed by atoms with Crippen molar-refractivity contribution in [1.82, 2.24) is 14.8 Å². The zero-order valence-electron chi connectivity index (χ0n) is 16.3. The van der Waals surface area contributed by atoms with Crippen LogP contribution in [0.25, 0.3) is 5.69 Å². The Morgan fingerprint density at radius 2 is 1.61 bits per heavy atom. The van der Waals surface area contributed by atoms with Crippen LogP contribution < -0.4 is 5.32 Å². The minimum atomic E-state index is -0.173. The molecule has 156 valence electrons. The standard InChI is InChI=1S/C23H18Cl2N4OS/c24-17-10-12-18(13-11-17)29-21(14-16-6-2-1-3-7-16)27-28-23(29)31-15-22(30)26-20-9-5-4-8-19(20)25/h1-13H,14-15H2,(H,26,30). The van der Waals surface area contributed by atoms with E-state index in [0.29, 0.717) is 27.3 Å². The SMILES string of the molecule is O=C(CSc1nnc(Cc2ccccc2)n1-c1ccc(Cl)cc1)Nc1ccccc1Cl. The van der Waals surface area contributed by atoms with Crippen molar-refractivity contribution < 1.29 is 4.79 Å². The van der Waals surface area contributed by atoms with Crippen LogP contribution in [-0.2, 0) is 11.2 Å². The van der Waals surface area contributed by atoms with E-state index in [1.165, 1.54) is 11.8 Å². The molecule has 1 amide bonds. The second-order valence-electron chi connectivity index (χ2n) is 6.69. The molecule has 4 aromatic rings. The fourth-order valence-electron chi connectivity index (χ4n) is 3.02. The average molecular weight is 469 g/mol. The molecule has 0 aliphatic carbocycles. The summed E-state index contributed by atoms with van der Waals surface area (Å²) in [5, 5.41) is 13.3. The van der Waals surface area contributed by atoms with Gasteiger partial charge in [0.2, 0.25) is 5.91 Å². The average Bonchev–Trinajstić information content (AvgIpc) is 3.17. The van der Waals surface area contributed by atoms with Crippen molar-refractivity contribution in [3.63, 3.8) is 0 Å². The van der Waals surface area contributed by atoms with Gasteiger partial charge in [0.25, 0.3) is 0 Å². The van der Waals surface area contributed by atoms with Gasteiger partial charge in [0.05, 0.1) is 16.5 Å². The quantitative estimate of drug-likeness (QED) is 0.343. The predicted molar refractivity (Wildman–Crippen MR) is 126 cm³/mol. The Kier molecular flexibility index (Phi) is 6.92. The van der Waals surface area contributed by atoms with Crippen molar-refractivity contribution in [1.29, 1.82) is 0 Å². The summed E-state index contributed by atoms with van der Waals surface area (Å²) >= 11 is 13.5. The smallest absolute Gasteiger partial charge is 0.234 e. The maximum Gasteiger partial charge on any atom is 0.234 e. The van der Waals surface area contributed by atoms with Crippen molar-refractivity contribution in [3.05, 3.63) is 100 Å². The van der Waals surface area contributed by atoms with Crippen molar-refractivity contribution in [2.75, 3.05) is 11.1 Å². The molecule has 1 aromatic heterocycles. The van der Waals surface area contributed by atoms with Crippen LogP contribution in [-0.4, -0.2) is 26.4 Å². The van der Waals surface area contributed by atoms with Gasteiger partial charge >= 0.3 is 0 Å². The summed E-state index contributed by atoms with van der Waals surface area (Å²) in [4.78, 5) is 12.5. The van der Waals surface area contributed by atoms with Gasteiger partial charge in [0.15, 0.2) is 5.16 Å². The zero-order chi connectivity index (χ0) is 21.6. The largest absolute Gasteiger partial charge is 0.324 e. The minimum absolute atomic E-state index is 0.169. The number of benzene rings is 3. The van der Waals surface area contributed by atoms with Gasteiger partial charge in [-0.3, -0.25) is 9.36 Å². The molecular formula is C23H18Cl2N4OS. The number of thioether (sulfide) groups is 1. The van der Waals surface area contributed by atoms with E-state index in [1.54, 1.807) is 12.1 Å². The molecule has 0 aliphatic heterocycles. The summed E-state index contributed by atoms with van der Waals surface area (Å²) in [5.41, 5.74) is 2.59. The molecule has 0 radical (unpaired) electrons. The van der Waals surface area contributed by atoms with Gasteiger partial charge < -0.3 is 5.32 Å². The Morgan fingerprint density at radius 3 is 2.35 bits per heavy atom. The maximum absolute atomic E-state index is 12.5. The summed E-state index contributed by atoms with van der Waals surface area (Å²) in [7, 11) is 0. The van der Waals surface area contributed by atoms with Crippen LogP contribution in [0.2, 0.25) is 10.0 Å². The van der Waals surface area contributed by atoms with Crippen LogP contribution in [0.1, 0.15) is 11.4 Å². The number of nitrogens with one attached hydrogen (secondary N) is 1. The first kappa shape index (κ1) is 21.4. The number of nitrogens with zero attached hydrogens (tertiary/aromatic N) is 3. The fourth-order valence-corrected chi connectivity index (χ4v) is 4.09. The molecule has 0 saturated heterocycles. The number of halogens is 2. The molecule has 3 aromatic carbocycles. The van der Waals surface area contributed by atoms with Gasteiger partial charge in [-0.1, -0.05) is 77.4 Å². The zero-order valence-corrected chi connectivity index (χ0v) is 18.7. The van der Waals surface area contributed by atoms with Gasteiger partial charge in [0.1, 0.15) is 5.82 Å². The van der Waals surface area contributed by atoms with Crippen LogP contribution in [0.3, 0.4) is 0 Å². The summed E-state index contributed by atoms with van der Waals surface area (Å²) < 4.78 is 1.96. The van der Waals surface area contributed by atoms with E-state index in [1.807, 2.05) is 71.3 Å². The van der Waals surface area contributed by atoms with Gasteiger partial charge in [0, 0.05) is 17.1 Å². The topological polar surface area (TPSA) is 59.8 Å². The second kappa shape index (κ2) is 10.0. The molecule has 31 heavy (non-hydrogen) atoms. The van der Waals surface area contributed by atoms with E-state index < -0.39 is 0 Å². The number of anilines is 1. The summed E-state index contributed by atoms with van der Waals surface area (Å²) in [5.74, 6) is 0.776. The third-order valence-electron chi connectivity index (χ3n) is 4.47. The van der Waals surface area contributed by atoms with Gasteiger partial charge in [-0.05, 0) is 42.0 Å². The monoisotopic (exact) mass is 468 g/mol. The number of hydrogen-bond donors (Lipinski definition) is 1. The number of rotatable bonds is 7. The molecule has 0 aliphatic rings. The minimum Gasteiger partial charge on any atom is -0.324 e. The number of para-hydroxylation sites is 1. The van der Waals surface area contributed by atoms with Crippen molar-refractivity contribution in [2.24, 2.45) is 0 Å². The lowest BCUT2D eigenvalue weighted by Gasteiger charge is -2.11. The number of hydrogen-bond acceptors (Lipinski definition) is 4. The van der Waals surface area contributed by atoms with Crippen LogP contribution in [0, 0.1) is 0 Å². The Labute approximate surface area is 194 Å². The molecule has 8 heteroatoms. The first-order valence-electron chi connectivity index (χ1n) is 9.51. The highest BCUT2D eigenvalue weighted by Gasteiger charge is 2.17. The van der Waals surface area contributed by atoms with Crippen LogP contribution in [0.4, 0.5) is 5.69 Å². The third-order valence-corrected chi connectivity index (χ3v) is 5.98. The molecule has 0 atom stereocenters. The molecule has 4 rings (SSSR count). The Bertz CT molecular complexity index is 1180. The Morgan fingerprint density at radius 1 is 0.903 bits per heavy atom. The number of aromatic nitrogens is 3. The predicted octanol–water partition coefficient (Wildman–Crippen LogP) is 5.90. The first-order chi connectivity index (χ1) is 15.1. The molecule has 0 unspecified atom stereocenters. The Hall–Kier alpha value is -2.80. The van der Waals surface area contributed by atoms with Crippen molar-refractivity contribution in [3.8, 4) is 5.69 Å². The van der Waals surface area contributed by atoms with Crippen LogP contribution >= 0.6 is 35.0 Å². The van der Waals surface area contributed by atoms with Gasteiger partial charge in [-0.2, -0.15) is 0 Å². The highest BCUT2D eigenvalue weighted by atomic mass is 35.5. The number of carbonyl (C=O) groups excluding carboxylic acids is 1. The van der Waals surface area contributed by atoms with E-state index in [-0.39, 0.29) is 11.7 Å². The van der Waals surface area contributed by atoms with Crippen molar-refractivity contribution >= 4 is 46.6 Å². The van der Waals surface area contributed by atoms with E-state index in [2.05, 4.69) is 15.5 Å².